The van der Waals surface area contributed by atoms with Gasteiger partial charge in [0.05, 0.1) is 6.61 Å². The maximum atomic E-state index is 5.86. The number of hydrogen-bond acceptors (Lipinski definition) is 2. The van der Waals surface area contributed by atoms with Crippen molar-refractivity contribution in [3.63, 3.8) is 0 Å². The van der Waals surface area contributed by atoms with E-state index < -0.39 is 0 Å². The lowest BCUT2D eigenvalue weighted by Gasteiger charge is -2.33. The molecule has 0 aromatic heterocycles. The van der Waals surface area contributed by atoms with Crippen LogP contribution < -0.4 is 10.1 Å². The molecular formula is C18H28BrNO. The van der Waals surface area contributed by atoms with Crippen LogP contribution in [0.2, 0.25) is 0 Å². The molecule has 3 atom stereocenters. The molecule has 0 heterocycles. The minimum atomic E-state index is 0.638. The average molecular weight is 354 g/mol. The number of nitrogens with one attached hydrogen (secondary N) is 1. The first-order valence-electron chi connectivity index (χ1n) is 8.24. The number of ether oxygens (including phenoxy) is 1. The molecule has 1 fully saturated rings. The molecule has 2 nitrogen and oxygen atoms in total. The summed E-state index contributed by atoms with van der Waals surface area (Å²) in [4.78, 5) is 0. The van der Waals surface area contributed by atoms with Crippen molar-refractivity contribution in [1.29, 1.82) is 0 Å². The summed E-state index contributed by atoms with van der Waals surface area (Å²) in [7, 11) is 0. The zero-order valence-corrected chi connectivity index (χ0v) is 15.1. The predicted molar refractivity (Wildman–Crippen MR) is 92.7 cm³/mol. The fourth-order valence-corrected chi connectivity index (χ4v) is 3.66. The molecule has 0 aliphatic heterocycles. The third kappa shape index (κ3) is 5.00. The van der Waals surface area contributed by atoms with Crippen molar-refractivity contribution in [3.05, 3.63) is 28.2 Å². The van der Waals surface area contributed by atoms with Crippen molar-refractivity contribution in [3.8, 4) is 5.75 Å². The van der Waals surface area contributed by atoms with Crippen molar-refractivity contribution in [2.45, 2.75) is 59.0 Å². The van der Waals surface area contributed by atoms with Crippen molar-refractivity contribution < 1.29 is 4.74 Å². The maximum Gasteiger partial charge on any atom is 0.123 e. The van der Waals surface area contributed by atoms with E-state index in [0.717, 1.165) is 41.6 Å². The second kappa shape index (κ2) is 8.19. The Morgan fingerprint density at radius 1 is 1.29 bits per heavy atom. The van der Waals surface area contributed by atoms with Crippen molar-refractivity contribution >= 4 is 15.9 Å². The smallest absolute Gasteiger partial charge is 0.123 e. The van der Waals surface area contributed by atoms with Crippen LogP contribution in [0.5, 0.6) is 5.75 Å². The molecule has 3 unspecified atom stereocenters. The summed E-state index contributed by atoms with van der Waals surface area (Å²) in [6, 6.07) is 6.94. The van der Waals surface area contributed by atoms with Gasteiger partial charge in [0.2, 0.25) is 0 Å². The first-order valence-corrected chi connectivity index (χ1v) is 9.04. The third-order valence-electron chi connectivity index (χ3n) is 4.47. The fraction of sp³-hybridized carbons (Fsp3) is 0.667. The summed E-state index contributed by atoms with van der Waals surface area (Å²) in [5, 5.41) is 3.75. The van der Waals surface area contributed by atoms with E-state index in [1.165, 1.54) is 24.8 Å². The highest BCUT2D eigenvalue weighted by molar-refractivity contribution is 9.10. The molecule has 0 bridgehead atoms. The number of benzene rings is 1. The van der Waals surface area contributed by atoms with Gasteiger partial charge in [-0.2, -0.15) is 0 Å². The molecule has 0 amide bonds. The minimum absolute atomic E-state index is 0.638. The highest BCUT2D eigenvalue weighted by Crippen LogP contribution is 2.29. The molecule has 3 heteroatoms. The van der Waals surface area contributed by atoms with E-state index >= 15 is 0 Å². The van der Waals surface area contributed by atoms with E-state index in [9.17, 15) is 0 Å². The van der Waals surface area contributed by atoms with Crippen LogP contribution in [0.1, 0.15) is 52.0 Å². The standard InChI is InChI=1S/C18H28BrNO/c1-4-9-21-18-8-6-16(19)11-15(18)12-20-17-7-5-13(2)10-14(17)3/h6,8,11,13-14,17,20H,4-5,7,9-10,12H2,1-3H3. The van der Waals surface area contributed by atoms with Crippen LogP contribution in [0.4, 0.5) is 0 Å². The summed E-state index contributed by atoms with van der Waals surface area (Å²) < 4.78 is 6.98. The monoisotopic (exact) mass is 353 g/mol. The van der Waals surface area contributed by atoms with Crippen molar-refractivity contribution in [2.24, 2.45) is 11.8 Å². The average Bonchev–Trinajstić information content (AvgIpc) is 2.45. The third-order valence-corrected chi connectivity index (χ3v) is 4.96. The van der Waals surface area contributed by atoms with E-state index in [1.807, 2.05) is 0 Å². The topological polar surface area (TPSA) is 21.3 Å². The van der Waals surface area contributed by atoms with Gasteiger partial charge in [-0.3, -0.25) is 0 Å². The molecule has 2 rings (SSSR count). The molecule has 0 spiro atoms. The largest absolute Gasteiger partial charge is 0.493 e. The van der Waals surface area contributed by atoms with Crippen LogP contribution in [0, 0.1) is 11.8 Å². The molecule has 1 saturated carbocycles. The Hall–Kier alpha value is -0.540. The van der Waals surface area contributed by atoms with E-state index in [2.05, 4.69) is 60.2 Å². The molecule has 0 saturated heterocycles. The van der Waals surface area contributed by atoms with Gasteiger partial charge in [-0.05, 0) is 55.7 Å². The Bertz CT molecular complexity index is 449. The normalized spacial score (nSPS) is 25.8. The Morgan fingerprint density at radius 2 is 2.10 bits per heavy atom. The van der Waals surface area contributed by atoms with Gasteiger partial charge in [-0.15, -0.1) is 0 Å². The van der Waals surface area contributed by atoms with Crippen LogP contribution in [-0.2, 0) is 6.54 Å². The molecule has 1 aliphatic carbocycles. The number of halogens is 1. The molecule has 21 heavy (non-hydrogen) atoms. The fourth-order valence-electron chi connectivity index (χ4n) is 3.25. The summed E-state index contributed by atoms with van der Waals surface area (Å²) in [6.45, 7) is 8.57. The van der Waals surface area contributed by atoms with E-state index in [4.69, 9.17) is 4.74 Å². The lowest BCUT2D eigenvalue weighted by Crippen LogP contribution is -2.38. The van der Waals surface area contributed by atoms with Crippen LogP contribution in [0.15, 0.2) is 22.7 Å². The molecule has 1 aliphatic rings. The van der Waals surface area contributed by atoms with Gasteiger partial charge < -0.3 is 10.1 Å². The van der Waals surface area contributed by atoms with Gasteiger partial charge in [0.25, 0.3) is 0 Å². The molecule has 1 aromatic rings. The lowest BCUT2D eigenvalue weighted by molar-refractivity contribution is 0.226. The second-order valence-corrected chi connectivity index (χ2v) is 7.40. The van der Waals surface area contributed by atoms with Gasteiger partial charge in [-0.25, -0.2) is 0 Å². The second-order valence-electron chi connectivity index (χ2n) is 6.48. The van der Waals surface area contributed by atoms with Crippen LogP contribution in [-0.4, -0.2) is 12.6 Å². The first kappa shape index (κ1) is 16.8. The highest BCUT2D eigenvalue weighted by Gasteiger charge is 2.24. The number of hydrogen-bond donors (Lipinski definition) is 1. The van der Waals surface area contributed by atoms with Gasteiger partial charge >= 0.3 is 0 Å². The molecule has 1 N–H and O–H groups in total. The van der Waals surface area contributed by atoms with E-state index in [-0.39, 0.29) is 0 Å². The predicted octanol–water partition coefficient (Wildman–Crippen LogP) is 5.15. The van der Waals surface area contributed by atoms with Crippen molar-refractivity contribution in [2.75, 3.05) is 6.61 Å². The zero-order valence-electron chi connectivity index (χ0n) is 13.5. The van der Waals surface area contributed by atoms with Gasteiger partial charge in [-0.1, -0.05) is 36.7 Å². The lowest BCUT2D eigenvalue weighted by atomic mass is 9.80. The van der Waals surface area contributed by atoms with Crippen molar-refractivity contribution in [1.82, 2.24) is 5.32 Å². The maximum absolute atomic E-state index is 5.86. The molecule has 118 valence electrons. The molecular weight excluding hydrogens is 326 g/mol. The summed E-state index contributed by atoms with van der Waals surface area (Å²) in [6.07, 6.45) is 5.02. The highest BCUT2D eigenvalue weighted by atomic mass is 79.9. The molecule has 1 aromatic carbocycles. The van der Waals surface area contributed by atoms with Gasteiger partial charge in [0.1, 0.15) is 5.75 Å². The van der Waals surface area contributed by atoms with Crippen LogP contribution >= 0.6 is 15.9 Å². The van der Waals surface area contributed by atoms with Crippen LogP contribution in [0.3, 0.4) is 0 Å². The minimum Gasteiger partial charge on any atom is -0.493 e. The Labute approximate surface area is 137 Å². The quantitative estimate of drug-likeness (QED) is 0.763. The van der Waals surface area contributed by atoms with E-state index in [1.54, 1.807) is 0 Å². The Morgan fingerprint density at radius 3 is 2.81 bits per heavy atom. The SMILES string of the molecule is CCCOc1ccc(Br)cc1CNC1CCC(C)CC1C. The Kier molecular flexibility index (Phi) is 6.56. The zero-order chi connectivity index (χ0) is 15.2. The summed E-state index contributed by atoms with van der Waals surface area (Å²) in [5.41, 5.74) is 1.25. The summed E-state index contributed by atoms with van der Waals surface area (Å²) in [5.74, 6) is 2.66. The van der Waals surface area contributed by atoms with E-state index in [0.29, 0.717) is 6.04 Å². The summed E-state index contributed by atoms with van der Waals surface area (Å²) >= 11 is 3.57. The molecule has 0 radical (unpaired) electrons. The Balaban J connectivity index is 1.96. The number of rotatable bonds is 6. The van der Waals surface area contributed by atoms with Gasteiger partial charge in [0.15, 0.2) is 0 Å². The van der Waals surface area contributed by atoms with Gasteiger partial charge in [0, 0.05) is 22.6 Å². The van der Waals surface area contributed by atoms with Crippen LogP contribution in [0.25, 0.3) is 0 Å². The first-order chi connectivity index (χ1) is 10.1.